The third-order valence-electron chi connectivity index (χ3n) is 4.28. The van der Waals surface area contributed by atoms with E-state index in [1.165, 1.54) is 31.2 Å². The van der Waals surface area contributed by atoms with Crippen molar-refractivity contribution in [2.45, 2.75) is 43.6 Å². The molecule has 0 spiro atoms. The highest BCUT2D eigenvalue weighted by atomic mass is 35.5. The van der Waals surface area contributed by atoms with E-state index in [1.807, 2.05) is 12.1 Å². The minimum atomic E-state index is 0.0961. The van der Waals surface area contributed by atoms with Gasteiger partial charge in [-0.2, -0.15) is 0 Å². The average Bonchev–Trinajstić information content (AvgIpc) is 2.87. The van der Waals surface area contributed by atoms with Gasteiger partial charge < -0.3 is 5.73 Å². The van der Waals surface area contributed by atoms with Gasteiger partial charge in [0, 0.05) is 16.5 Å². The molecule has 2 saturated carbocycles. The van der Waals surface area contributed by atoms with Crippen molar-refractivity contribution in [2.75, 3.05) is 0 Å². The molecule has 0 aliphatic heterocycles. The van der Waals surface area contributed by atoms with Crippen molar-refractivity contribution in [3.05, 3.63) is 34.9 Å². The number of halogens is 1. The Balaban J connectivity index is 1.67. The molecule has 0 amide bonds. The molecule has 1 aromatic rings. The van der Waals surface area contributed by atoms with Crippen molar-refractivity contribution in [2.24, 2.45) is 11.7 Å². The number of benzene rings is 1. The number of hydrogen-bond acceptors (Lipinski definition) is 1. The lowest BCUT2D eigenvalue weighted by molar-refractivity contribution is 0.267. The van der Waals surface area contributed by atoms with Crippen LogP contribution >= 0.6 is 11.6 Å². The van der Waals surface area contributed by atoms with Gasteiger partial charge in [0.2, 0.25) is 0 Å². The van der Waals surface area contributed by atoms with Crippen LogP contribution in [0.25, 0.3) is 0 Å². The molecule has 0 radical (unpaired) electrons. The SMILES string of the molecule is NC1(CC2CCC2)CC1c1ccc(Cl)cc1. The van der Waals surface area contributed by atoms with Crippen LogP contribution in [0.15, 0.2) is 24.3 Å². The lowest BCUT2D eigenvalue weighted by atomic mass is 9.79. The molecule has 3 rings (SSSR count). The maximum atomic E-state index is 6.44. The first-order valence-electron chi connectivity index (χ1n) is 6.22. The molecular formula is C14H18ClN. The Morgan fingerprint density at radius 1 is 1.25 bits per heavy atom. The van der Waals surface area contributed by atoms with Crippen LogP contribution in [-0.4, -0.2) is 5.54 Å². The maximum Gasteiger partial charge on any atom is 0.0406 e. The fourth-order valence-corrected chi connectivity index (χ4v) is 3.05. The summed E-state index contributed by atoms with van der Waals surface area (Å²) in [7, 11) is 0. The summed E-state index contributed by atoms with van der Waals surface area (Å²) in [5, 5.41) is 0.811. The molecule has 2 aliphatic carbocycles. The second-order valence-electron chi connectivity index (χ2n) is 5.54. The summed E-state index contributed by atoms with van der Waals surface area (Å²) in [6.45, 7) is 0. The van der Waals surface area contributed by atoms with E-state index >= 15 is 0 Å². The van der Waals surface area contributed by atoms with Gasteiger partial charge in [0.15, 0.2) is 0 Å². The van der Waals surface area contributed by atoms with Gasteiger partial charge in [-0.3, -0.25) is 0 Å². The minimum absolute atomic E-state index is 0.0961. The first kappa shape index (κ1) is 10.6. The van der Waals surface area contributed by atoms with Gasteiger partial charge in [0.1, 0.15) is 0 Å². The summed E-state index contributed by atoms with van der Waals surface area (Å²) in [5.74, 6) is 1.48. The third kappa shape index (κ3) is 1.87. The second kappa shape index (κ2) is 3.75. The molecule has 1 nitrogen and oxygen atoms in total. The molecule has 86 valence electrons. The van der Waals surface area contributed by atoms with E-state index in [-0.39, 0.29) is 5.54 Å². The highest BCUT2D eigenvalue weighted by Crippen LogP contribution is 2.54. The van der Waals surface area contributed by atoms with E-state index < -0.39 is 0 Å². The Morgan fingerprint density at radius 2 is 1.94 bits per heavy atom. The largest absolute Gasteiger partial charge is 0.325 e. The van der Waals surface area contributed by atoms with Gasteiger partial charge in [-0.25, -0.2) is 0 Å². The molecule has 0 saturated heterocycles. The lowest BCUT2D eigenvalue weighted by Gasteiger charge is -2.28. The van der Waals surface area contributed by atoms with E-state index in [4.69, 9.17) is 17.3 Å². The van der Waals surface area contributed by atoms with E-state index in [2.05, 4.69) is 12.1 Å². The standard InChI is InChI=1S/C14H18ClN/c15-12-6-4-11(5-7-12)13-9-14(13,16)8-10-2-1-3-10/h4-7,10,13H,1-3,8-9,16H2. The monoisotopic (exact) mass is 235 g/mol. The van der Waals surface area contributed by atoms with Gasteiger partial charge >= 0.3 is 0 Å². The summed E-state index contributed by atoms with van der Waals surface area (Å²) in [5.41, 5.74) is 7.90. The van der Waals surface area contributed by atoms with Gasteiger partial charge in [0.25, 0.3) is 0 Å². The van der Waals surface area contributed by atoms with Crippen LogP contribution in [-0.2, 0) is 0 Å². The number of rotatable bonds is 3. The van der Waals surface area contributed by atoms with Crippen molar-refractivity contribution in [1.82, 2.24) is 0 Å². The Morgan fingerprint density at radius 3 is 2.50 bits per heavy atom. The molecule has 2 aliphatic rings. The summed E-state index contributed by atoms with van der Waals surface area (Å²) < 4.78 is 0. The van der Waals surface area contributed by atoms with Crippen molar-refractivity contribution >= 4 is 11.6 Å². The van der Waals surface area contributed by atoms with Gasteiger partial charge in [-0.15, -0.1) is 0 Å². The highest BCUT2D eigenvalue weighted by molar-refractivity contribution is 6.30. The zero-order chi connectivity index (χ0) is 11.2. The van der Waals surface area contributed by atoms with Crippen molar-refractivity contribution in [3.63, 3.8) is 0 Å². The van der Waals surface area contributed by atoms with Crippen LogP contribution in [0.5, 0.6) is 0 Å². The molecule has 2 unspecified atom stereocenters. The fraction of sp³-hybridized carbons (Fsp3) is 0.571. The van der Waals surface area contributed by atoms with Crippen molar-refractivity contribution < 1.29 is 0 Å². The predicted octanol–water partition coefficient (Wildman–Crippen LogP) is 3.72. The molecule has 2 fully saturated rings. The second-order valence-corrected chi connectivity index (χ2v) is 5.98. The summed E-state index contributed by atoms with van der Waals surface area (Å²) in [6, 6.07) is 8.20. The van der Waals surface area contributed by atoms with E-state index in [0.29, 0.717) is 5.92 Å². The quantitative estimate of drug-likeness (QED) is 0.849. The zero-order valence-electron chi connectivity index (χ0n) is 9.45. The summed E-state index contributed by atoms with van der Waals surface area (Å²) in [6.07, 6.45) is 6.58. The molecule has 0 aromatic heterocycles. The van der Waals surface area contributed by atoms with E-state index in [1.54, 1.807) is 0 Å². The Labute approximate surface area is 102 Å². The Hall–Kier alpha value is -0.530. The van der Waals surface area contributed by atoms with Crippen LogP contribution in [0, 0.1) is 5.92 Å². The molecular weight excluding hydrogens is 218 g/mol. The van der Waals surface area contributed by atoms with Crippen LogP contribution in [0.2, 0.25) is 5.02 Å². The molecule has 0 bridgehead atoms. The van der Waals surface area contributed by atoms with Gasteiger partial charge in [0.05, 0.1) is 0 Å². The highest BCUT2D eigenvalue weighted by Gasteiger charge is 2.52. The van der Waals surface area contributed by atoms with Crippen LogP contribution in [0.3, 0.4) is 0 Å². The number of hydrogen-bond donors (Lipinski definition) is 1. The maximum absolute atomic E-state index is 6.44. The van der Waals surface area contributed by atoms with E-state index in [0.717, 1.165) is 17.4 Å². The van der Waals surface area contributed by atoms with Crippen LogP contribution in [0.1, 0.15) is 43.6 Å². The lowest BCUT2D eigenvalue weighted by Crippen LogP contribution is -2.30. The molecule has 2 heteroatoms. The van der Waals surface area contributed by atoms with Gasteiger partial charge in [-0.05, 0) is 36.5 Å². The van der Waals surface area contributed by atoms with Crippen molar-refractivity contribution in [3.8, 4) is 0 Å². The molecule has 2 atom stereocenters. The minimum Gasteiger partial charge on any atom is -0.325 e. The third-order valence-corrected chi connectivity index (χ3v) is 4.54. The molecule has 2 N–H and O–H groups in total. The fourth-order valence-electron chi connectivity index (χ4n) is 2.93. The summed E-state index contributed by atoms with van der Waals surface area (Å²) in [4.78, 5) is 0. The first-order valence-corrected chi connectivity index (χ1v) is 6.59. The Kier molecular flexibility index (Phi) is 2.49. The topological polar surface area (TPSA) is 26.0 Å². The van der Waals surface area contributed by atoms with Crippen molar-refractivity contribution in [1.29, 1.82) is 0 Å². The van der Waals surface area contributed by atoms with Gasteiger partial charge in [-0.1, -0.05) is 43.0 Å². The first-order chi connectivity index (χ1) is 7.67. The molecule has 1 aromatic carbocycles. The normalized spacial score (nSPS) is 33.5. The molecule has 0 heterocycles. The average molecular weight is 236 g/mol. The van der Waals surface area contributed by atoms with Crippen LogP contribution in [0.4, 0.5) is 0 Å². The summed E-state index contributed by atoms with van der Waals surface area (Å²) >= 11 is 5.89. The smallest absolute Gasteiger partial charge is 0.0406 e. The predicted molar refractivity (Wildman–Crippen MR) is 67.7 cm³/mol. The van der Waals surface area contributed by atoms with E-state index in [9.17, 15) is 0 Å². The van der Waals surface area contributed by atoms with Crippen LogP contribution < -0.4 is 5.73 Å². The zero-order valence-corrected chi connectivity index (χ0v) is 10.2. The molecule has 16 heavy (non-hydrogen) atoms. The number of nitrogens with two attached hydrogens (primary N) is 1. The Bertz CT molecular complexity index is 382.